The molecule has 0 bridgehead atoms. The zero-order chi connectivity index (χ0) is 11.3. The number of halogens is 1. The molecule has 1 atom stereocenters. The van der Waals surface area contributed by atoms with Crippen molar-refractivity contribution in [3.05, 3.63) is 29.6 Å². The number of aliphatic hydroxyl groups excluding tert-OH is 2. The number of nitrogens with one attached hydrogen (secondary N) is 1. The Morgan fingerprint density at radius 3 is 2.80 bits per heavy atom. The van der Waals surface area contributed by atoms with Gasteiger partial charge in [0.25, 0.3) is 0 Å². The van der Waals surface area contributed by atoms with Gasteiger partial charge in [-0.25, -0.2) is 9.50 Å². The summed E-state index contributed by atoms with van der Waals surface area (Å²) in [5, 5.41) is 31.0. The van der Waals surface area contributed by atoms with E-state index in [1.54, 1.807) is 0 Å². The van der Waals surface area contributed by atoms with E-state index in [-0.39, 0.29) is 13.2 Å². The molecule has 0 amide bonds. The van der Waals surface area contributed by atoms with Crippen LogP contribution in [0.15, 0.2) is 18.2 Å². The molecular formula is C10H13FNO3. The Morgan fingerprint density at radius 2 is 2.20 bits per heavy atom. The summed E-state index contributed by atoms with van der Waals surface area (Å²) >= 11 is 0. The Kier molecular flexibility index (Phi) is 4.48. The molecule has 1 aromatic rings. The number of rotatable bonds is 5. The van der Waals surface area contributed by atoms with Crippen molar-refractivity contribution in [3.8, 4) is 0 Å². The van der Waals surface area contributed by atoms with Gasteiger partial charge in [0.2, 0.25) is 0 Å². The molecule has 0 heterocycles. The van der Waals surface area contributed by atoms with Crippen molar-refractivity contribution in [1.29, 1.82) is 0 Å². The number of hydrogen-bond acceptors (Lipinski definition) is 3. The minimum atomic E-state index is -0.923. The average molecular weight is 214 g/mol. The van der Waals surface area contributed by atoms with Gasteiger partial charge < -0.3 is 15.5 Å². The third-order valence-electron chi connectivity index (χ3n) is 1.97. The van der Waals surface area contributed by atoms with Crippen LogP contribution < -0.4 is 5.32 Å². The molecule has 0 saturated heterocycles. The molecule has 0 aromatic heterocycles. The van der Waals surface area contributed by atoms with E-state index in [2.05, 4.69) is 5.32 Å². The molecule has 15 heavy (non-hydrogen) atoms. The third-order valence-corrected chi connectivity index (χ3v) is 1.97. The van der Waals surface area contributed by atoms with E-state index in [1.807, 2.05) is 0 Å². The standard InChI is InChI=1S/C10H13FNO3/c11-8-2-1-7(5-13)10(3-8)12-4-9(15)6-14/h1-3,9,12,14-15H,4-6H2/t9-/m0/s1. The summed E-state index contributed by atoms with van der Waals surface area (Å²) < 4.78 is 12.8. The molecule has 1 radical (unpaired) electrons. The van der Waals surface area contributed by atoms with E-state index >= 15 is 0 Å². The Balaban J connectivity index is 2.69. The van der Waals surface area contributed by atoms with Crippen LogP contribution in [0.4, 0.5) is 10.1 Å². The van der Waals surface area contributed by atoms with Gasteiger partial charge in [-0.2, -0.15) is 0 Å². The fourth-order valence-electron chi connectivity index (χ4n) is 1.13. The molecule has 1 aromatic carbocycles. The van der Waals surface area contributed by atoms with Crippen molar-refractivity contribution in [2.45, 2.75) is 12.7 Å². The van der Waals surface area contributed by atoms with Gasteiger partial charge in [-0.15, -0.1) is 0 Å². The van der Waals surface area contributed by atoms with Crippen molar-refractivity contribution >= 4 is 5.69 Å². The van der Waals surface area contributed by atoms with Crippen LogP contribution in [0.2, 0.25) is 0 Å². The van der Waals surface area contributed by atoms with E-state index in [4.69, 9.17) is 10.2 Å². The number of hydrogen-bond donors (Lipinski definition) is 3. The first kappa shape index (κ1) is 11.9. The zero-order valence-corrected chi connectivity index (χ0v) is 8.11. The molecule has 4 nitrogen and oxygen atoms in total. The molecule has 0 aliphatic carbocycles. The summed E-state index contributed by atoms with van der Waals surface area (Å²) in [5.74, 6) is -0.451. The second kappa shape index (κ2) is 5.65. The minimum absolute atomic E-state index is 0.0763. The van der Waals surface area contributed by atoms with Crippen LogP contribution in [0, 0.1) is 5.82 Å². The summed E-state index contributed by atoms with van der Waals surface area (Å²) in [4.78, 5) is 0. The second-order valence-electron chi connectivity index (χ2n) is 3.16. The molecule has 0 fully saturated rings. The predicted molar refractivity (Wildman–Crippen MR) is 52.4 cm³/mol. The van der Waals surface area contributed by atoms with Gasteiger partial charge in [0.1, 0.15) is 12.4 Å². The molecule has 1 rings (SSSR count). The maximum atomic E-state index is 12.8. The van der Waals surface area contributed by atoms with E-state index < -0.39 is 18.5 Å². The minimum Gasteiger partial charge on any atom is -0.394 e. The van der Waals surface area contributed by atoms with E-state index in [1.165, 1.54) is 18.2 Å². The topological polar surface area (TPSA) is 72.4 Å². The van der Waals surface area contributed by atoms with Crippen LogP contribution in [0.5, 0.6) is 0 Å². The van der Waals surface area contributed by atoms with Crippen molar-refractivity contribution in [3.63, 3.8) is 0 Å². The van der Waals surface area contributed by atoms with E-state index in [0.717, 1.165) is 0 Å². The first-order valence-electron chi connectivity index (χ1n) is 4.56. The first-order chi connectivity index (χ1) is 7.17. The third kappa shape index (κ3) is 3.47. The van der Waals surface area contributed by atoms with Crippen molar-refractivity contribution < 1.29 is 19.7 Å². The van der Waals surface area contributed by atoms with Gasteiger partial charge in [0, 0.05) is 17.8 Å². The molecule has 0 aliphatic rings. The maximum absolute atomic E-state index is 12.8. The quantitative estimate of drug-likeness (QED) is 0.669. The number of aliphatic hydroxyl groups is 2. The average Bonchev–Trinajstić information content (AvgIpc) is 2.26. The fraction of sp³-hybridized carbons (Fsp3) is 0.400. The molecule has 3 N–H and O–H groups in total. The van der Waals surface area contributed by atoms with Gasteiger partial charge in [0.05, 0.1) is 12.7 Å². The van der Waals surface area contributed by atoms with Crippen LogP contribution in [-0.2, 0) is 11.7 Å². The Morgan fingerprint density at radius 1 is 1.47 bits per heavy atom. The Bertz CT molecular complexity index is 320. The molecule has 5 heteroatoms. The monoisotopic (exact) mass is 214 g/mol. The van der Waals surface area contributed by atoms with E-state index in [0.29, 0.717) is 11.3 Å². The second-order valence-corrected chi connectivity index (χ2v) is 3.16. The van der Waals surface area contributed by atoms with Crippen LogP contribution in [0.1, 0.15) is 5.56 Å². The van der Waals surface area contributed by atoms with Crippen molar-refractivity contribution in [2.75, 3.05) is 18.5 Å². The normalized spacial score (nSPS) is 12.5. The fourth-order valence-corrected chi connectivity index (χ4v) is 1.13. The van der Waals surface area contributed by atoms with Crippen LogP contribution in [0.3, 0.4) is 0 Å². The molecule has 0 saturated carbocycles. The van der Waals surface area contributed by atoms with Gasteiger partial charge in [-0.05, 0) is 12.1 Å². The molecular weight excluding hydrogens is 201 g/mol. The predicted octanol–water partition coefficient (Wildman–Crippen LogP) is 0.521. The highest BCUT2D eigenvalue weighted by Crippen LogP contribution is 2.17. The maximum Gasteiger partial charge on any atom is 0.125 e. The summed E-state index contributed by atoms with van der Waals surface area (Å²) in [7, 11) is 0. The van der Waals surface area contributed by atoms with Gasteiger partial charge in [-0.1, -0.05) is 6.07 Å². The molecule has 0 aliphatic heterocycles. The first-order valence-corrected chi connectivity index (χ1v) is 4.56. The van der Waals surface area contributed by atoms with Gasteiger partial charge in [-0.3, -0.25) is 0 Å². The highest BCUT2D eigenvalue weighted by Gasteiger charge is 2.06. The highest BCUT2D eigenvalue weighted by atomic mass is 19.1. The Labute approximate surface area is 87.0 Å². The lowest BCUT2D eigenvalue weighted by molar-refractivity contribution is 0.105. The number of anilines is 1. The van der Waals surface area contributed by atoms with Gasteiger partial charge >= 0.3 is 0 Å². The van der Waals surface area contributed by atoms with Gasteiger partial charge in [0.15, 0.2) is 0 Å². The summed E-state index contributed by atoms with van der Waals surface area (Å²) in [6.45, 7) is -0.764. The lowest BCUT2D eigenvalue weighted by atomic mass is 10.2. The van der Waals surface area contributed by atoms with Crippen molar-refractivity contribution in [2.24, 2.45) is 0 Å². The van der Waals surface area contributed by atoms with Crippen LogP contribution >= 0.6 is 0 Å². The Hall–Kier alpha value is -1.17. The molecule has 0 spiro atoms. The SMILES string of the molecule is [O]Cc1ccc(F)cc1NC[C@H](O)CO. The summed E-state index contributed by atoms with van der Waals surface area (Å²) in [5.41, 5.74) is 0.791. The zero-order valence-electron chi connectivity index (χ0n) is 8.11. The largest absolute Gasteiger partial charge is 0.394 e. The van der Waals surface area contributed by atoms with Crippen LogP contribution in [-0.4, -0.2) is 29.5 Å². The van der Waals surface area contributed by atoms with Crippen molar-refractivity contribution in [1.82, 2.24) is 0 Å². The highest BCUT2D eigenvalue weighted by molar-refractivity contribution is 5.51. The van der Waals surface area contributed by atoms with E-state index in [9.17, 15) is 9.50 Å². The smallest absolute Gasteiger partial charge is 0.125 e. The summed E-state index contributed by atoms with van der Waals surface area (Å²) in [6.07, 6.45) is -0.923. The number of benzene rings is 1. The molecule has 0 unspecified atom stereocenters. The van der Waals surface area contributed by atoms with Crippen LogP contribution in [0.25, 0.3) is 0 Å². The molecule has 83 valence electrons. The lowest BCUT2D eigenvalue weighted by Crippen LogP contribution is -2.23. The lowest BCUT2D eigenvalue weighted by Gasteiger charge is -2.12. The summed E-state index contributed by atoms with van der Waals surface area (Å²) in [6, 6.07) is 3.80.